The number of hydrogen-bond acceptors (Lipinski definition) is 5. The van der Waals surface area contributed by atoms with Gasteiger partial charge < -0.3 is 20.6 Å². The summed E-state index contributed by atoms with van der Waals surface area (Å²) in [6.45, 7) is 6.79. The molecule has 0 spiro atoms. The zero-order chi connectivity index (χ0) is 29.4. The van der Waals surface area contributed by atoms with E-state index >= 15 is 8.78 Å². The zero-order valence-electron chi connectivity index (χ0n) is 22.5. The molecule has 214 valence electrons. The topological polar surface area (TPSA) is 105 Å². The standard InChI is InChI=1S/C29H32Cl2F2N4O3/c1-28(2,3)13-22-29(15-34,19-8-7-16(30)11-21(19)32)24(18-5-4-6-20(31)25(18)33)26(36-22)27(40)37-10-9-35-14-17(37)12-23(38)39/h4-8,11,17,22,24,26,35-36H,9-10,12-14H2,1-3H3,(H,38,39)/t17?,22-,24-,26+,29-/m0/s1. The highest BCUT2D eigenvalue weighted by atomic mass is 35.5. The number of nitriles is 1. The molecule has 2 aliphatic heterocycles. The van der Waals surface area contributed by atoms with Gasteiger partial charge in [0, 0.05) is 42.2 Å². The molecule has 0 saturated carbocycles. The number of carboxylic acid groups (broad SMARTS) is 1. The van der Waals surface area contributed by atoms with Gasteiger partial charge in [0.2, 0.25) is 5.91 Å². The van der Waals surface area contributed by atoms with Gasteiger partial charge in [-0.2, -0.15) is 5.26 Å². The van der Waals surface area contributed by atoms with Gasteiger partial charge in [-0.25, -0.2) is 8.78 Å². The lowest BCUT2D eigenvalue weighted by Crippen LogP contribution is -2.59. The summed E-state index contributed by atoms with van der Waals surface area (Å²) in [6, 6.07) is 8.03. The quantitative estimate of drug-likeness (QED) is 0.442. The van der Waals surface area contributed by atoms with Crippen molar-refractivity contribution in [3.05, 3.63) is 69.2 Å². The van der Waals surface area contributed by atoms with Crippen molar-refractivity contribution < 1.29 is 23.5 Å². The Labute approximate surface area is 242 Å². The number of hydrogen-bond donors (Lipinski definition) is 3. The monoisotopic (exact) mass is 592 g/mol. The van der Waals surface area contributed by atoms with Crippen molar-refractivity contribution in [1.29, 1.82) is 5.26 Å². The first-order chi connectivity index (χ1) is 18.8. The van der Waals surface area contributed by atoms with Gasteiger partial charge >= 0.3 is 5.97 Å². The number of aliphatic carboxylic acids is 1. The highest BCUT2D eigenvalue weighted by molar-refractivity contribution is 6.31. The molecular formula is C29H32Cl2F2N4O3. The van der Waals surface area contributed by atoms with E-state index in [-0.39, 0.29) is 46.1 Å². The number of nitrogens with zero attached hydrogens (tertiary/aromatic N) is 2. The van der Waals surface area contributed by atoms with Crippen LogP contribution in [0.1, 0.15) is 50.7 Å². The fraction of sp³-hybridized carbons (Fsp3) is 0.483. The Morgan fingerprint density at radius 1 is 1.23 bits per heavy atom. The molecule has 0 aromatic heterocycles. The van der Waals surface area contributed by atoms with Crippen LogP contribution in [0.4, 0.5) is 8.78 Å². The fourth-order valence-corrected chi connectivity index (χ4v) is 6.50. The summed E-state index contributed by atoms with van der Waals surface area (Å²) in [4.78, 5) is 27.4. The molecule has 1 unspecified atom stereocenters. The third-order valence-corrected chi connectivity index (χ3v) is 8.29. The molecule has 3 N–H and O–H groups in total. The van der Waals surface area contributed by atoms with Crippen LogP contribution in [0.25, 0.3) is 0 Å². The summed E-state index contributed by atoms with van der Waals surface area (Å²) in [5.41, 5.74) is -2.14. The van der Waals surface area contributed by atoms with E-state index < -0.39 is 53.0 Å². The van der Waals surface area contributed by atoms with Crippen LogP contribution in [-0.4, -0.2) is 59.6 Å². The molecule has 5 atom stereocenters. The van der Waals surface area contributed by atoms with Crippen LogP contribution in [0.2, 0.25) is 10.0 Å². The smallest absolute Gasteiger partial charge is 0.305 e. The van der Waals surface area contributed by atoms with Crippen LogP contribution in [0.5, 0.6) is 0 Å². The Hall–Kier alpha value is -2.77. The predicted molar refractivity (Wildman–Crippen MR) is 148 cm³/mol. The van der Waals surface area contributed by atoms with Crippen molar-refractivity contribution >= 4 is 35.1 Å². The first-order valence-corrected chi connectivity index (χ1v) is 13.9. The van der Waals surface area contributed by atoms with Crippen LogP contribution in [0.3, 0.4) is 0 Å². The maximum Gasteiger partial charge on any atom is 0.305 e. The third-order valence-electron chi connectivity index (χ3n) is 7.76. The summed E-state index contributed by atoms with van der Waals surface area (Å²) in [6.07, 6.45) is 0.0491. The second-order valence-corrected chi connectivity index (χ2v) is 12.5. The number of benzene rings is 2. The molecule has 2 fully saturated rings. The van der Waals surface area contributed by atoms with Gasteiger partial charge in [0.25, 0.3) is 0 Å². The number of piperazine rings is 1. The first-order valence-electron chi connectivity index (χ1n) is 13.1. The summed E-state index contributed by atoms with van der Waals surface area (Å²) in [7, 11) is 0. The maximum absolute atomic E-state index is 15.8. The molecule has 2 aromatic rings. The molecule has 0 bridgehead atoms. The minimum Gasteiger partial charge on any atom is -0.481 e. The predicted octanol–water partition coefficient (Wildman–Crippen LogP) is 4.87. The van der Waals surface area contributed by atoms with Gasteiger partial charge in [-0.05, 0) is 35.6 Å². The molecule has 11 heteroatoms. The van der Waals surface area contributed by atoms with Gasteiger partial charge in [0.05, 0.1) is 29.6 Å². The highest BCUT2D eigenvalue weighted by Gasteiger charge is 2.61. The summed E-state index contributed by atoms with van der Waals surface area (Å²) in [5, 5.41) is 26.8. The SMILES string of the molecule is CC(C)(C)C[C@@H]1N[C@@H](C(=O)N2CCNCC2CC(=O)O)[C@H](c2cccc(Cl)c2F)[C@@]1(C#N)c1ccc(Cl)cc1F. The van der Waals surface area contributed by atoms with E-state index in [2.05, 4.69) is 16.7 Å². The number of nitrogens with one attached hydrogen (secondary N) is 2. The normalized spacial score (nSPS) is 26.9. The van der Waals surface area contributed by atoms with Gasteiger partial charge in [-0.15, -0.1) is 0 Å². The van der Waals surface area contributed by atoms with Crippen LogP contribution >= 0.6 is 23.2 Å². The maximum atomic E-state index is 15.8. The molecule has 2 aliphatic rings. The van der Waals surface area contributed by atoms with Gasteiger partial charge in [-0.3, -0.25) is 9.59 Å². The minimum absolute atomic E-state index is 0.00409. The average molecular weight is 594 g/mol. The Morgan fingerprint density at radius 3 is 2.58 bits per heavy atom. The largest absolute Gasteiger partial charge is 0.481 e. The lowest BCUT2D eigenvalue weighted by molar-refractivity contribution is -0.142. The number of carbonyl (C=O) groups is 2. The zero-order valence-corrected chi connectivity index (χ0v) is 24.0. The van der Waals surface area contributed by atoms with Crippen molar-refractivity contribution in [2.45, 2.75) is 63.1 Å². The summed E-state index contributed by atoms with van der Waals surface area (Å²) < 4.78 is 31.6. The van der Waals surface area contributed by atoms with Gasteiger partial charge in [0.15, 0.2) is 0 Å². The molecular weight excluding hydrogens is 561 g/mol. The Morgan fingerprint density at radius 2 is 1.95 bits per heavy atom. The lowest BCUT2D eigenvalue weighted by atomic mass is 9.62. The van der Waals surface area contributed by atoms with Crippen molar-refractivity contribution in [2.75, 3.05) is 19.6 Å². The summed E-state index contributed by atoms with van der Waals surface area (Å²) in [5.74, 6) is -4.30. The van der Waals surface area contributed by atoms with E-state index in [9.17, 15) is 20.0 Å². The van der Waals surface area contributed by atoms with Crippen molar-refractivity contribution in [2.24, 2.45) is 5.41 Å². The second-order valence-electron chi connectivity index (χ2n) is 11.7. The Balaban J connectivity index is 1.97. The van der Waals surface area contributed by atoms with Crippen molar-refractivity contribution in [3.8, 4) is 6.07 Å². The molecule has 2 saturated heterocycles. The number of halogens is 4. The minimum atomic E-state index is -1.75. The van der Waals surface area contributed by atoms with Gasteiger partial charge in [-0.1, -0.05) is 62.2 Å². The van der Waals surface area contributed by atoms with E-state index in [0.29, 0.717) is 13.0 Å². The van der Waals surface area contributed by atoms with Crippen LogP contribution < -0.4 is 10.6 Å². The lowest BCUT2D eigenvalue weighted by Gasteiger charge is -2.39. The fourth-order valence-electron chi connectivity index (χ4n) is 6.16. The summed E-state index contributed by atoms with van der Waals surface area (Å²) >= 11 is 12.2. The number of carbonyl (C=O) groups excluding carboxylic acids is 1. The molecule has 4 rings (SSSR count). The van der Waals surface area contributed by atoms with E-state index in [0.717, 1.165) is 6.07 Å². The number of carboxylic acids is 1. The Bertz CT molecular complexity index is 1350. The van der Waals surface area contributed by atoms with E-state index in [1.807, 2.05) is 20.8 Å². The van der Waals surface area contributed by atoms with Crippen LogP contribution in [-0.2, 0) is 15.0 Å². The second kappa shape index (κ2) is 11.6. The number of rotatable bonds is 6. The molecule has 7 nitrogen and oxygen atoms in total. The van der Waals surface area contributed by atoms with Crippen molar-refractivity contribution in [3.63, 3.8) is 0 Å². The van der Waals surface area contributed by atoms with E-state index in [4.69, 9.17) is 23.2 Å². The molecule has 40 heavy (non-hydrogen) atoms. The van der Waals surface area contributed by atoms with Crippen LogP contribution in [0, 0.1) is 28.4 Å². The molecule has 2 heterocycles. The Kier molecular flexibility index (Phi) is 8.77. The van der Waals surface area contributed by atoms with Crippen molar-refractivity contribution in [1.82, 2.24) is 15.5 Å². The highest BCUT2D eigenvalue weighted by Crippen LogP contribution is 2.53. The van der Waals surface area contributed by atoms with E-state index in [1.54, 1.807) is 0 Å². The van der Waals surface area contributed by atoms with Crippen LogP contribution in [0.15, 0.2) is 36.4 Å². The first kappa shape index (κ1) is 30.2. The average Bonchev–Trinajstić information content (AvgIpc) is 3.18. The molecule has 1 amide bonds. The number of amides is 1. The van der Waals surface area contributed by atoms with E-state index in [1.165, 1.54) is 35.2 Å². The molecule has 0 aliphatic carbocycles. The van der Waals surface area contributed by atoms with Gasteiger partial charge in [0.1, 0.15) is 17.0 Å². The molecule has 2 aromatic carbocycles. The molecule has 0 radical (unpaired) electrons. The third kappa shape index (κ3) is 5.68.